The van der Waals surface area contributed by atoms with Gasteiger partial charge < -0.3 is 5.43 Å². The SMILES string of the molecule is CC(C)(C)C1CCc2nnc(NN)cc2C1. The molecule has 1 aliphatic rings. The van der Waals surface area contributed by atoms with Crippen molar-refractivity contribution in [2.45, 2.75) is 40.0 Å². The topological polar surface area (TPSA) is 63.8 Å². The van der Waals surface area contributed by atoms with Gasteiger partial charge in [-0.3, -0.25) is 0 Å². The van der Waals surface area contributed by atoms with Gasteiger partial charge in [0.25, 0.3) is 0 Å². The van der Waals surface area contributed by atoms with E-state index in [0.29, 0.717) is 11.2 Å². The predicted octanol–water partition coefficient (Wildman–Crippen LogP) is 1.91. The van der Waals surface area contributed by atoms with Crippen LogP contribution in [0, 0.1) is 11.3 Å². The normalized spacial score (nSPS) is 20.4. The second-order valence-electron chi connectivity index (χ2n) is 5.65. The number of hydrogen-bond donors (Lipinski definition) is 2. The lowest BCUT2D eigenvalue weighted by Crippen LogP contribution is -2.27. The molecular weight excluding hydrogens is 200 g/mol. The number of nitrogens with one attached hydrogen (secondary N) is 1. The molecule has 0 bridgehead atoms. The Morgan fingerprint density at radius 2 is 2.12 bits per heavy atom. The van der Waals surface area contributed by atoms with Gasteiger partial charge in [-0.05, 0) is 42.2 Å². The van der Waals surface area contributed by atoms with Gasteiger partial charge >= 0.3 is 0 Å². The van der Waals surface area contributed by atoms with Crippen molar-refractivity contribution in [1.29, 1.82) is 0 Å². The first-order chi connectivity index (χ1) is 7.50. The van der Waals surface area contributed by atoms with Crippen LogP contribution in [0.15, 0.2) is 6.07 Å². The molecule has 0 radical (unpaired) electrons. The molecule has 1 aliphatic carbocycles. The molecule has 16 heavy (non-hydrogen) atoms. The summed E-state index contributed by atoms with van der Waals surface area (Å²) in [7, 11) is 0. The van der Waals surface area contributed by atoms with E-state index in [1.54, 1.807) is 0 Å². The van der Waals surface area contributed by atoms with Gasteiger partial charge in [0.15, 0.2) is 5.82 Å². The number of fused-ring (bicyclic) bond motifs is 1. The molecular formula is C12H20N4. The van der Waals surface area contributed by atoms with E-state index < -0.39 is 0 Å². The zero-order valence-electron chi connectivity index (χ0n) is 10.2. The van der Waals surface area contributed by atoms with Crippen molar-refractivity contribution < 1.29 is 0 Å². The minimum absolute atomic E-state index is 0.358. The van der Waals surface area contributed by atoms with Gasteiger partial charge in [-0.2, -0.15) is 5.10 Å². The van der Waals surface area contributed by atoms with Gasteiger partial charge in [0.2, 0.25) is 0 Å². The fourth-order valence-electron chi connectivity index (χ4n) is 2.33. The van der Waals surface area contributed by atoms with E-state index in [0.717, 1.165) is 24.5 Å². The summed E-state index contributed by atoms with van der Waals surface area (Å²) in [5, 5.41) is 8.23. The Kier molecular flexibility index (Phi) is 2.84. The molecule has 0 aliphatic heterocycles. The van der Waals surface area contributed by atoms with Gasteiger partial charge in [-0.25, -0.2) is 5.84 Å². The van der Waals surface area contributed by atoms with Crippen LogP contribution in [-0.2, 0) is 12.8 Å². The number of nitrogen functional groups attached to an aromatic ring is 1. The van der Waals surface area contributed by atoms with Gasteiger partial charge in [0, 0.05) is 0 Å². The number of aryl methyl sites for hydroxylation is 1. The minimum atomic E-state index is 0.358. The van der Waals surface area contributed by atoms with Crippen molar-refractivity contribution >= 4 is 5.82 Å². The van der Waals surface area contributed by atoms with E-state index in [2.05, 4.69) is 36.4 Å². The molecule has 4 heteroatoms. The summed E-state index contributed by atoms with van der Waals surface area (Å²) in [6.07, 6.45) is 3.33. The van der Waals surface area contributed by atoms with Crippen LogP contribution < -0.4 is 11.3 Å². The average Bonchev–Trinajstić information content (AvgIpc) is 2.26. The third-order valence-electron chi connectivity index (χ3n) is 3.53. The lowest BCUT2D eigenvalue weighted by molar-refractivity contribution is 0.214. The number of aromatic nitrogens is 2. The number of rotatable bonds is 1. The molecule has 1 aromatic heterocycles. The summed E-state index contributed by atoms with van der Waals surface area (Å²) in [6, 6.07) is 2.03. The zero-order chi connectivity index (χ0) is 11.8. The van der Waals surface area contributed by atoms with Gasteiger partial charge in [0.1, 0.15) is 0 Å². The molecule has 0 saturated heterocycles. The van der Waals surface area contributed by atoms with Crippen LogP contribution in [0.1, 0.15) is 38.4 Å². The maximum atomic E-state index is 5.35. The minimum Gasteiger partial charge on any atom is -0.307 e. The second kappa shape index (κ2) is 4.01. The zero-order valence-corrected chi connectivity index (χ0v) is 10.2. The van der Waals surface area contributed by atoms with E-state index >= 15 is 0 Å². The van der Waals surface area contributed by atoms with Crippen LogP contribution in [0.25, 0.3) is 0 Å². The van der Waals surface area contributed by atoms with Gasteiger partial charge in [0.05, 0.1) is 5.69 Å². The quantitative estimate of drug-likeness (QED) is 0.560. The highest BCUT2D eigenvalue weighted by atomic mass is 15.3. The van der Waals surface area contributed by atoms with Crippen molar-refractivity contribution in [2.75, 3.05) is 5.43 Å². The summed E-state index contributed by atoms with van der Waals surface area (Å²) in [6.45, 7) is 6.91. The van der Waals surface area contributed by atoms with Crippen LogP contribution in [0.3, 0.4) is 0 Å². The van der Waals surface area contributed by atoms with Crippen molar-refractivity contribution in [3.05, 3.63) is 17.3 Å². The fraction of sp³-hybridized carbons (Fsp3) is 0.667. The maximum absolute atomic E-state index is 5.35. The molecule has 0 aromatic carbocycles. The van der Waals surface area contributed by atoms with E-state index in [1.807, 2.05) is 6.07 Å². The third kappa shape index (κ3) is 2.16. The molecule has 2 rings (SSSR count). The second-order valence-corrected chi connectivity index (χ2v) is 5.65. The molecule has 0 fully saturated rings. The fourth-order valence-corrected chi connectivity index (χ4v) is 2.33. The molecule has 0 amide bonds. The summed E-state index contributed by atoms with van der Waals surface area (Å²) >= 11 is 0. The Morgan fingerprint density at radius 1 is 1.38 bits per heavy atom. The standard InChI is InChI=1S/C12H20N4/c1-12(2,3)9-4-5-10-8(6-9)7-11(14-13)16-15-10/h7,9H,4-6,13H2,1-3H3,(H,14,16). The van der Waals surface area contributed by atoms with Crippen LogP contribution in [0.4, 0.5) is 5.82 Å². The summed E-state index contributed by atoms with van der Waals surface area (Å²) < 4.78 is 0. The Bertz CT molecular complexity index is 381. The first-order valence-corrected chi connectivity index (χ1v) is 5.83. The molecule has 0 saturated carbocycles. The first kappa shape index (κ1) is 11.3. The summed E-state index contributed by atoms with van der Waals surface area (Å²) in [5.74, 6) is 6.73. The Labute approximate surface area is 96.6 Å². The number of hydrogen-bond acceptors (Lipinski definition) is 4. The maximum Gasteiger partial charge on any atom is 0.162 e. The Balaban J connectivity index is 2.25. The number of nitrogens with two attached hydrogens (primary N) is 1. The average molecular weight is 220 g/mol. The van der Waals surface area contributed by atoms with Gasteiger partial charge in [-0.1, -0.05) is 20.8 Å². The molecule has 1 atom stereocenters. The number of nitrogens with zero attached hydrogens (tertiary/aromatic N) is 2. The number of anilines is 1. The van der Waals surface area contributed by atoms with E-state index in [4.69, 9.17) is 5.84 Å². The predicted molar refractivity (Wildman–Crippen MR) is 64.8 cm³/mol. The highest BCUT2D eigenvalue weighted by molar-refractivity contribution is 5.38. The molecule has 88 valence electrons. The monoisotopic (exact) mass is 220 g/mol. The Hall–Kier alpha value is -1.16. The molecule has 4 nitrogen and oxygen atoms in total. The molecule has 1 unspecified atom stereocenters. The van der Waals surface area contributed by atoms with Crippen LogP contribution >= 0.6 is 0 Å². The van der Waals surface area contributed by atoms with E-state index in [-0.39, 0.29) is 0 Å². The highest BCUT2D eigenvalue weighted by Crippen LogP contribution is 2.36. The first-order valence-electron chi connectivity index (χ1n) is 5.83. The highest BCUT2D eigenvalue weighted by Gasteiger charge is 2.29. The molecule has 3 N–H and O–H groups in total. The summed E-state index contributed by atoms with van der Waals surface area (Å²) in [5.41, 5.74) is 5.35. The number of hydrazine groups is 1. The smallest absolute Gasteiger partial charge is 0.162 e. The van der Waals surface area contributed by atoms with Crippen molar-refractivity contribution in [3.63, 3.8) is 0 Å². The molecule has 1 aromatic rings. The lowest BCUT2D eigenvalue weighted by Gasteiger charge is -2.34. The van der Waals surface area contributed by atoms with E-state index in [9.17, 15) is 0 Å². The Morgan fingerprint density at radius 3 is 2.75 bits per heavy atom. The van der Waals surface area contributed by atoms with Crippen LogP contribution in [0.5, 0.6) is 0 Å². The van der Waals surface area contributed by atoms with Gasteiger partial charge in [-0.15, -0.1) is 5.10 Å². The van der Waals surface area contributed by atoms with Crippen molar-refractivity contribution in [2.24, 2.45) is 17.2 Å². The molecule has 0 spiro atoms. The lowest BCUT2D eigenvalue weighted by atomic mass is 9.72. The van der Waals surface area contributed by atoms with E-state index in [1.165, 1.54) is 12.0 Å². The van der Waals surface area contributed by atoms with Crippen molar-refractivity contribution in [3.8, 4) is 0 Å². The third-order valence-corrected chi connectivity index (χ3v) is 3.53. The van der Waals surface area contributed by atoms with Crippen LogP contribution in [0.2, 0.25) is 0 Å². The van der Waals surface area contributed by atoms with Crippen LogP contribution in [-0.4, -0.2) is 10.2 Å². The molecule has 1 heterocycles. The summed E-state index contributed by atoms with van der Waals surface area (Å²) in [4.78, 5) is 0. The van der Waals surface area contributed by atoms with Crippen molar-refractivity contribution in [1.82, 2.24) is 10.2 Å². The largest absolute Gasteiger partial charge is 0.307 e.